The topological polar surface area (TPSA) is 54.0 Å². The van der Waals surface area contributed by atoms with Gasteiger partial charge in [0.1, 0.15) is 11.5 Å². The molecule has 0 unspecified atom stereocenters. The normalized spacial score (nSPS) is 14.0. The number of hydrogen-bond acceptors (Lipinski definition) is 5. The summed E-state index contributed by atoms with van der Waals surface area (Å²) in [6.45, 7) is 5.70. The van der Waals surface area contributed by atoms with Gasteiger partial charge in [0.25, 0.3) is 0 Å². The van der Waals surface area contributed by atoms with Crippen molar-refractivity contribution in [3.8, 4) is 22.6 Å². The van der Waals surface area contributed by atoms with Crippen LogP contribution in [0.5, 0.6) is 11.5 Å². The zero-order valence-corrected chi connectivity index (χ0v) is 19.8. The minimum Gasteiger partial charge on any atom is -0.495 e. The highest BCUT2D eigenvalue weighted by Gasteiger charge is 2.19. The number of para-hydroxylation sites is 2. The minimum absolute atomic E-state index is 0.407. The van der Waals surface area contributed by atoms with Crippen molar-refractivity contribution in [1.82, 2.24) is 10.2 Å². The van der Waals surface area contributed by atoms with Crippen LogP contribution < -0.4 is 19.7 Å². The molecular weight excluding hydrogens is 426 g/mol. The van der Waals surface area contributed by atoms with E-state index in [9.17, 15) is 4.79 Å². The quantitative estimate of drug-likeness (QED) is 0.454. The maximum atomic E-state index is 12.2. The Morgan fingerprint density at radius 3 is 2.38 bits per heavy atom. The number of rotatable bonds is 9. The van der Waals surface area contributed by atoms with Crippen molar-refractivity contribution in [2.75, 3.05) is 51.3 Å². The molecule has 1 saturated heterocycles. The number of nitrogens with zero attached hydrogens (tertiary/aromatic N) is 2. The minimum atomic E-state index is -0.407. The molecule has 4 rings (SSSR count). The molecule has 1 aliphatic heterocycles. The molecule has 1 amide bonds. The number of nitrogens with one attached hydrogen (secondary N) is 1. The largest absolute Gasteiger partial charge is 0.495 e. The van der Waals surface area contributed by atoms with E-state index in [0.717, 1.165) is 62.4 Å². The second kappa shape index (κ2) is 12.1. The van der Waals surface area contributed by atoms with Crippen LogP contribution in [0, 0.1) is 0 Å². The molecule has 0 atom stereocenters. The number of hydrogen-bond donors (Lipinski definition) is 1. The molecule has 0 bridgehead atoms. The van der Waals surface area contributed by atoms with E-state index in [1.165, 1.54) is 5.69 Å². The van der Waals surface area contributed by atoms with E-state index in [-0.39, 0.29) is 0 Å². The molecule has 0 radical (unpaired) electrons. The number of piperazine rings is 1. The summed E-state index contributed by atoms with van der Waals surface area (Å²) in [6.07, 6.45) is 1.56. The highest BCUT2D eigenvalue weighted by molar-refractivity contribution is 5.72. The van der Waals surface area contributed by atoms with Crippen molar-refractivity contribution in [1.29, 1.82) is 0 Å². The molecule has 34 heavy (non-hydrogen) atoms. The first-order valence-corrected chi connectivity index (χ1v) is 11.9. The Balaban J connectivity index is 1.13. The first-order valence-electron chi connectivity index (χ1n) is 11.9. The van der Waals surface area contributed by atoms with Gasteiger partial charge in [-0.3, -0.25) is 4.90 Å². The molecule has 178 valence electrons. The fourth-order valence-electron chi connectivity index (χ4n) is 4.27. The van der Waals surface area contributed by atoms with Crippen LogP contribution in [-0.4, -0.2) is 57.4 Å². The zero-order valence-electron chi connectivity index (χ0n) is 19.8. The lowest BCUT2D eigenvalue weighted by atomic mass is 10.1. The van der Waals surface area contributed by atoms with Crippen LogP contribution >= 0.6 is 0 Å². The number of methoxy groups -OCH3 is 1. The Bertz CT molecular complexity index is 1050. The van der Waals surface area contributed by atoms with Gasteiger partial charge in [0.2, 0.25) is 0 Å². The van der Waals surface area contributed by atoms with Crippen molar-refractivity contribution < 1.29 is 14.3 Å². The molecule has 1 heterocycles. The predicted molar refractivity (Wildman–Crippen MR) is 137 cm³/mol. The van der Waals surface area contributed by atoms with Gasteiger partial charge in [0.05, 0.1) is 12.8 Å². The summed E-state index contributed by atoms with van der Waals surface area (Å²) in [5.74, 6) is 1.48. The number of benzene rings is 3. The van der Waals surface area contributed by atoms with E-state index >= 15 is 0 Å². The Morgan fingerprint density at radius 1 is 0.853 bits per heavy atom. The first kappa shape index (κ1) is 23.6. The lowest BCUT2D eigenvalue weighted by Crippen LogP contribution is -2.46. The number of carbonyl (C=O) groups excluding carboxylic acids is 1. The van der Waals surface area contributed by atoms with Gasteiger partial charge < -0.3 is 19.7 Å². The molecule has 0 aromatic heterocycles. The Kier molecular flexibility index (Phi) is 8.41. The van der Waals surface area contributed by atoms with Gasteiger partial charge in [-0.05, 0) is 54.8 Å². The maximum absolute atomic E-state index is 12.2. The van der Waals surface area contributed by atoms with Crippen molar-refractivity contribution in [3.05, 3.63) is 78.9 Å². The number of amides is 1. The summed E-state index contributed by atoms with van der Waals surface area (Å²) in [5.41, 5.74) is 3.29. The van der Waals surface area contributed by atoms with E-state index < -0.39 is 6.09 Å². The van der Waals surface area contributed by atoms with Crippen LogP contribution in [0.2, 0.25) is 0 Å². The van der Waals surface area contributed by atoms with Gasteiger partial charge in [-0.25, -0.2) is 4.79 Å². The number of ether oxygens (including phenoxy) is 2. The average Bonchev–Trinajstić information content (AvgIpc) is 2.89. The standard InChI is InChI=1S/C28H33N3O3/c1-33-27-15-6-5-14-26(27)31-20-18-30(19-21-31)17-8-7-16-29-28(32)34-25-13-9-12-24(22-25)23-10-3-2-4-11-23/h2-6,9-15,22H,7-8,16-21H2,1H3,(H,29,32). The Morgan fingerprint density at radius 2 is 1.59 bits per heavy atom. The third kappa shape index (κ3) is 6.51. The van der Waals surface area contributed by atoms with Crippen molar-refractivity contribution in [2.24, 2.45) is 0 Å². The summed E-state index contributed by atoms with van der Waals surface area (Å²) in [7, 11) is 1.72. The van der Waals surface area contributed by atoms with E-state index in [2.05, 4.69) is 27.2 Å². The summed E-state index contributed by atoms with van der Waals surface area (Å²) >= 11 is 0. The predicted octanol–water partition coefficient (Wildman–Crippen LogP) is 5.05. The third-order valence-corrected chi connectivity index (χ3v) is 6.12. The van der Waals surface area contributed by atoms with Crippen molar-refractivity contribution in [3.63, 3.8) is 0 Å². The van der Waals surface area contributed by atoms with Gasteiger partial charge >= 0.3 is 6.09 Å². The molecule has 1 aliphatic rings. The van der Waals surface area contributed by atoms with Gasteiger partial charge in [-0.1, -0.05) is 54.6 Å². The second-order valence-corrected chi connectivity index (χ2v) is 8.42. The van der Waals surface area contributed by atoms with Gasteiger partial charge in [0, 0.05) is 32.7 Å². The van der Waals surface area contributed by atoms with Gasteiger partial charge in [0.15, 0.2) is 0 Å². The second-order valence-electron chi connectivity index (χ2n) is 8.42. The fraction of sp³-hybridized carbons (Fsp3) is 0.321. The first-order chi connectivity index (χ1) is 16.7. The number of unbranched alkanes of at least 4 members (excludes halogenated alkanes) is 1. The molecule has 0 saturated carbocycles. The summed E-state index contributed by atoms with van der Waals surface area (Å²) in [5, 5.41) is 2.87. The summed E-state index contributed by atoms with van der Waals surface area (Å²) < 4.78 is 11.0. The molecule has 1 fully saturated rings. The molecule has 0 spiro atoms. The lowest BCUT2D eigenvalue weighted by Gasteiger charge is -2.36. The molecule has 3 aromatic rings. The molecule has 3 aromatic carbocycles. The fourth-order valence-corrected chi connectivity index (χ4v) is 4.27. The van der Waals surface area contributed by atoms with E-state index in [1.54, 1.807) is 13.2 Å². The highest BCUT2D eigenvalue weighted by Crippen LogP contribution is 2.28. The van der Waals surface area contributed by atoms with Crippen LogP contribution in [0.25, 0.3) is 11.1 Å². The monoisotopic (exact) mass is 459 g/mol. The van der Waals surface area contributed by atoms with E-state index in [4.69, 9.17) is 9.47 Å². The van der Waals surface area contributed by atoms with E-state index in [1.807, 2.05) is 60.7 Å². The number of anilines is 1. The van der Waals surface area contributed by atoms with Crippen molar-refractivity contribution in [2.45, 2.75) is 12.8 Å². The van der Waals surface area contributed by atoms with E-state index in [0.29, 0.717) is 12.3 Å². The average molecular weight is 460 g/mol. The Labute approximate surface area is 202 Å². The number of carbonyl (C=O) groups is 1. The molecule has 6 heteroatoms. The van der Waals surface area contributed by atoms with Crippen LogP contribution in [0.1, 0.15) is 12.8 Å². The third-order valence-electron chi connectivity index (χ3n) is 6.12. The van der Waals surface area contributed by atoms with Gasteiger partial charge in [-0.2, -0.15) is 0 Å². The smallest absolute Gasteiger partial charge is 0.412 e. The summed E-state index contributed by atoms with van der Waals surface area (Å²) in [4.78, 5) is 17.1. The molecule has 6 nitrogen and oxygen atoms in total. The molecule has 0 aliphatic carbocycles. The van der Waals surface area contributed by atoms with Crippen LogP contribution in [0.15, 0.2) is 78.9 Å². The Hall–Kier alpha value is -3.51. The maximum Gasteiger partial charge on any atom is 0.412 e. The SMILES string of the molecule is COc1ccccc1N1CCN(CCCCNC(=O)Oc2cccc(-c3ccccc3)c2)CC1. The van der Waals surface area contributed by atoms with Gasteiger partial charge in [-0.15, -0.1) is 0 Å². The zero-order chi connectivity index (χ0) is 23.6. The van der Waals surface area contributed by atoms with Crippen LogP contribution in [-0.2, 0) is 0 Å². The highest BCUT2D eigenvalue weighted by atomic mass is 16.6. The van der Waals surface area contributed by atoms with Crippen LogP contribution in [0.3, 0.4) is 0 Å². The summed E-state index contributed by atoms with van der Waals surface area (Å²) in [6, 6.07) is 25.9. The molecular formula is C28H33N3O3. The lowest BCUT2D eigenvalue weighted by molar-refractivity contribution is 0.199. The van der Waals surface area contributed by atoms with Crippen LogP contribution in [0.4, 0.5) is 10.5 Å². The van der Waals surface area contributed by atoms with Crippen molar-refractivity contribution >= 4 is 11.8 Å². The molecule has 1 N–H and O–H groups in total.